The Labute approximate surface area is 145 Å². The van der Waals surface area contributed by atoms with E-state index < -0.39 is 6.29 Å². The van der Waals surface area contributed by atoms with Crippen molar-refractivity contribution in [3.63, 3.8) is 0 Å². The van der Waals surface area contributed by atoms with E-state index in [-0.39, 0.29) is 11.5 Å². The van der Waals surface area contributed by atoms with Gasteiger partial charge in [0.2, 0.25) is 0 Å². The molecule has 0 saturated heterocycles. The van der Waals surface area contributed by atoms with E-state index in [1.54, 1.807) is 0 Å². The van der Waals surface area contributed by atoms with E-state index >= 15 is 0 Å². The van der Waals surface area contributed by atoms with Crippen molar-refractivity contribution in [3.05, 3.63) is 0 Å². The molecule has 0 bridgehead atoms. The fourth-order valence-corrected chi connectivity index (χ4v) is 4.05. The molecule has 23 heavy (non-hydrogen) atoms. The molecule has 2 heteroatoms. The molecule has 1 unspecified atom stereocenters. The molecule has 0 aromatic heterocycles. The highest BCUT2D eigenvalue weighted by Crippen LogP contribution is 2.49. The third-order valence-electron chi connectivity index (χ3n) is 6.55. The SMILES string of the molecule is CC(C)CC(C)(C)C(O)OC1CCC(C(C)(C)C(C)(C)C)CC1. The van der Waals surface area contributed by atoms with Crippen LogP contribution in [-0.4, -0.2) is 17.5 Å². The second-order valence-electron chi connectivity index (χ2n) is 10.5. The molecule has 138 valence electrons. The first-order valence-corrected chi connectivity index (χ1v) is 9.61. The topological polar surface area (TPSA) is 29.5 Å². The average Bonchev–Trinajstić information content (AvgIpc) is 2.36. The normalized spacial score (nSPS) is 25.7. The Morgan fingerprint density at radius 2 is 1.39 bits per heavy atom. The van der Waals surface area contributed by atoms with Crippen LogP contribution in [0.3, 0.4) is 0 Å². The molecule has 0 aromatic rings. The minimum atomic E-state index is -0.651. The Hall–Kier alpha value is -0.0800. The van der Waals surface area contributed by atoms with Gasteiger partial charge in [-0.15, -0.1) is 0 Å². The van der Waals surface area contributed by atoms with Gasteiger partial charge in [-0.2, -0.15) is 0 Å². The molecule has 1 rings (SSSR count). The van der Waals surface area contributed by atoms with Crippen molar-refractivity contribution < 1.29 is 9.84 Å². The van der Waals surface area contributed by atoms with Gasteiger partial charge in [0, 0.05) is 5.41 Å². The minimum absolute atomic E-state index is 0.171. The van der Waals surface area contributed by atoms with Crippen molar-refractivity contribution >= 4 is 0 Å². The van der Waals surface area contributed by atoms with Crippen molar-refractivity contribution in [3.8, 4) is 0 Å². The summed E-state index contributed by atoms with van der Waals surface area (Å²) in [6.45, 7) is 20.5. The zero-order chi connectivity index (χ0) is 18.1. The average molecular weight is 327 g/mol. The molecule has 1 aliphatic rings. The van der Waals surface area contributed by atoms with E-state index in [2.05, 4.69) is 62.3 Å². The predicted molar refractivity (Wildman–Crippen MR) is 99.3 cm³/mol. The van der Waals surface area contributed by atoms with E-state index in [1.165, 1.54) is 12.8 Å². The van der Waals surface area contributed by atoms with Crippen LogP contribution in [0.1, 0.15) is 94.4 Å². The second kappa shape index (κ2) is 7.44. The summed E-state index contributed by atoms with van der Waals surface area (Å²) in [5.41, 5.74) is 0.493. The Bertz CT molecular complexity index is 355. The number of hydrogen-bond acceptors (Lipinski definition) is 2. The summed E-state index contributed by atoms with van der Waals surface area (Å²) in [7, 11) is 0. The van der Waals surface area contributed by atoms with Crippen molar-refractivity contribution in [2.75, 3.05) is 0 Å². The summed E-state index contributed by atoms with van der Waals surface area (Å²) in [4.78, 5) is 0. The molecule has 0 radical (unpaired) electrons. The van der Waals surface area contributed by atoms with E-state index in [0.29, 0.717) is 16.7 Å². The highest BCUT2D eigenvalue weighted by atomic mass is 16.6. The zero-order valence-electron chi connectivity index (χ0n) is 17.2. The largest absolute Gasteiger partial charge is 0.367 e. The number of rotatable bonds is 6. The first kappa shape index (κ1) is 21.0. The third-order valence-corrected chi connectivity index (χ3v) is 6.55. The molecule has 0 amide bonds. The van der Waals surface area contributed by atoms with Gasteiger partial charge in [0.05, 0.1) is 6.10 Å². The van der Waals surface area contributed by atoms with Gasteiger partial charge < -0.3 is 9.84 Å². The number of aliphatic hydroxyl groups excluding tert-OH is 1. The molecular formula is C21H42O2. The van der Waals surface area contributed by atoms with Gasteiger partial charge in [0.15, 0.2) is 6.29 Å². The van der Waals surface area contributed by atoms with Gasteiger partial charge in [0.1, 0.15) is 0 Å². The van der Waals surface area contributed by atoms with Gasteiger partial charge in [-0.3, -0.25) is 0 Å². The number of aliphatic hydroxyl groups is 1. The van der Waals surface area contributed by atoms with Gasteiger partial charge in [-0.1, -0.05) is 62.3 Å². The lowest BCUT2D eigenvalue weighted by molar-refractivity contribution is -0.205. The lowest BCUT2D eigenvalue weighted by Crippen LogP contribution is -2.42. The van der Waals surface area contributed by atoms with Crippen LogP contribution >= 0.6 is 0 Å². The number of ether oxygens (including phenoxy) is 1. The van der Waals surface area contributed by atoms with Crippen molar-refractivity contribution in [1.82, 2.24) is 0 Å². The molecule has 0 aromatic carbocycles. The smallest absolute Gasteiger partial charge is 0.159 e. The van der Waals surface area contributed by atoms with Crippen LogP contribution in [0.2, 0.25) is 0 Å². The van der Waals surface area contributed by atoms with E-state index in [9.17, 15) is 5.11 Å². The Balaban J connectivity index is 2.54. The summed E-state index contributed by atoms with van der Waals surface area (Å²) in [6, 6.07) is 0. The minimum Gasteiger partial charge on any atom is -0.367 e. The van der Waals surface area contributed by atoms with Gasteiger partial charge >= 0.3 is 0 Å². The molecule has 0 aliphatic heterocycles. The van der Waals surface area contributed by atoms with Crippen LogP contribution in [0, 0.1) is 28.1 Å². The lowest BCUT2D eigenvalue weighted by atomic mass is 9.58. The summed E-state index contributed by atoms with van der Waals surface area (Å²) in [5, 5.41) is 10.5. The van der Waals surface area contributed by atoms with Gasteiger partial charge in [0.25, 0.3) is 0 Å². The third kappa shape index (κ3) is 5.46. The molecule has 0 spiro atoms. The van der Waals surface area contributed by atoms with Crippen molar-refractivity contribution in [1.29, 1.82) is 0 Å². The zero-order valence-corrected chi connectivity index (χ0v) is 17.2. The first-order chi connectivity index (χ1) is 10.3. The van der Waals surface area contributed by atoms with Gasteiger partial charge in [-0.05, 0) is 54.8 Å². The summed E-state index contributed by atoms with van der Waals surface area (Å²) in [6.07, 6.45) is 5.16. The lowest BCUT2D eigenvalue weighted by Gasteiger charge is -2.48. The van der Waals surface area contributed by atoms with Crippen LogP contribution in [-0.2, 0) is 4.74 Å². The fourth-order valence-electron chi connectivity index (χ4n) is 4.05. The summed E-state index contributed by atoms with van der Waals surface area (Å²) in [5.74, 6) is 1.33. The highest BCUT2D eigenvalue weighted by Gasteiger charge is 2.42. The van der Waals surface area contributed by atoms with Gasteiger partial charge in [-0.25, -0.2) is 0 Å². The summed E-state index contributed by atoms with van der Waals surface area (Å²) >= 11 is 0. The Morgan fingerprint density at radius 1 is 0.913 bits per heavy atom. The predicted octanol–water partition coefficient (Wildman–Crippen LogP) is 6.02. The molecule has 2 nitrogen and oxygen atoms in total. The number of hydrogen-bond donors (Lipinski definition) is 1. The maximum Gasteiger partial charge on any atom is 0.159 e. The standard InChI is InChI=1S/C21H42O2/c1-15(2)14-20(6,7)18(22)23-17-12-10-16(11-13-17)21(8,9)19(3,4)5/h15-18,22H,10-14H2,1-9H3. The Morgan fingerprint density at radius 3 is 1.78 bits per heavy atom. The van der Waals surface area contributed by atoms with E-state index in [4.69, 9.17) is 4.74 Å². The van der Waals surface area contributed by atoms with Crippen LogP contribution in [0.25, 0.3) is 0 Å². The maximum atomic E-state index is 10.5. The van der Waals surface area contributed by atoms with Crippen LogP contribution < -0.4 is 0 Å². The molecule has 1 atom stereocenters. The highest BCUT2D eigenvalue weighted by molar-refractivity contribution is 4.91. The molecule has 0 heterocycles. The van der Waals surface area contributed by atoms with E-state index in [1.807, 2.05) is 0 Å². The quantitative estimate of drug-likeness (QED) is 0.604. The summed E-state index contributed by atoms with van der Waals surface area (Å²) < 4.78 is 6.06. The van der Waals surface area contributed by atoms with Crippen molar-refractivity contribution in [2.45, 2.75) is 107 Å². The fraction of sp³-hybridized carbons (Fsp3) is 1.00. The van der Waals surface area contributed by atoms with Crippen LogP contribution in [0.15, 0.2) is 0 Å². The maximum absolute atomic E-state index is 10.5. The van der Waals surface area contributed by atoms with E-state index in [0.717, 1.165) is 25.2 Å². The molecular weight excluding hydrogens is 284 g/mol. The van der Waals surface area contributed by atoms with Crippen LogP contribution in [0.5, 0.6) is 0 Å². The first-order valence-electron chi connectivity index (χ1n) is 9.61. The van der Waals surface area contributed by atoms with Crippen molar-refractivity contribution in [2.24, 2.45) is 28.1 Å². The van der Waals surface area contributed by atoms with Crippen LogP contribution in [0.4, 0.5) is 0 Å². The second-order valence-corrected chi connectivity index (χ2v) is 10.5. The molecule has 1 saturated carbocycles. The molecule has 1 fully saturated rings. The Kier molecular flexibility index (Phi) is 6.78. The monoisotopic (exact) mass is 326 g/mol. The molecule has 1 aliphatic carbocycles. The molecule has 1 N–H and O–H groups in total.